The van der Waals surface area contributed by atoms with Crippen molar-refractivity contribution in [1.29, 1.82) is 0 Å². The standard InChI is InChI=1S/C14H17Cl2NO3/c1-9(4-2-7-14(19)20)17-13(18)8-10-11(15)5-3-6-12(10)16/h3,5-6,9H,2,4,7-8H2,1H3,(H,17,18)(H,19,20). The Morgan fingerprint density at radius 1 is 1.30 bits per heavy atom. The van der Waals surface area contributed by atoms with Crippen LogP contribution in [-0.4, -0.2) is 23.0 Å². The molecule has 20 heavy (non-hydrogen) atoms. The van der Waals surface area contributed by atoms with E-state index < -0.39 is 5.97 Å². The number of benzene rings is 1. The molecule has 0 heterocycles. The second kappa shape index (κ2) is 8.12. The van der Waals surface area contributed by atoms with Crippen LogP contribution in [0.3, 0.4) is 0 Å². The van der Waals surface area contributed by atoms with E-state index in [9.17, 15) is 9.59 Å². The summed E-state index contributed by atoms with van der Waals surface area (Å²) in [6, 6.07) is 5.02. The Bertz CT molecular complexity index is 471. The van der Waals surface area contributed by atoms with Gasteiger partial charge in [0.05, 0.1) is 6.42 Å². The zero-order chi connectivity index (χ0) is 15.1. The number of amides is 1. The summed E-state index contributed by atoms with van der Waals surface area (Å²) >= 11 is 12.0. The van der Waals surface area contributed by atoms with E-state index in [1.165, 1.54) is 0 Å². The molecule has 2 N–H and O–H groups in total. The van der Waals surface area contributed by atoms with E-state index in [0.717, 1.165) is 0 Å². The van der Waals surface area contributed by atoms with E-state index >= 15 is 0 Å². The second-order valence-electron chi connectivity index (χ2n) is 4.63. The third-order valence-electron chi connectivity index (χ3n) is 2.83. The lowest BCUT2D eigenvalue weighted by molar-refractivity contribution is -0.137. The van der Waals surface area contributed by atoms with Crippen LogP contribution in [0, 0.1) is 0 Å². The van der Waals surface area contributed by atoms with Gasteiger partial charge in [0, 0.05) is 22.5 Å². The van der Waals surface area contributed by atoms with Gasteiger partial charge in [0.2, 0.25) is 5.91 Å². The van der Waals surface area contributed by atoms with Crippen LogP contribution in [-0.2, 0) is 16.0 Å². The van der Waals surface area contributed by atoms with Gasteiger partial charge in [-0.25, -0.2) is 0 Å². The highest BCUT2D eigenvalue weighted by Crippen LogP contribution is 2.24. The fourth-order valence-corrected chi connectivity index (χ4v) is 2.35. The van der Waals surface area contributed by atoms with Crippen LogP contribution in [0.2, 0.25) is 10.0 Å². The highest BCUT2D eigenvalue weighted by atomic mass is 35.5. The lowest BCUT2D eigenvalue weighted by atomic mass is 10.1. The van der Waals surface area contributed by atoms with Crippen LogP contribution >= 0.6 is 23.2 Å². The van der Waals surface area contributed by atoms with E-state index in [1.54, 1.807) is 18.2 Å². The van der Waals surface area contributed by atoms with Gasteiger partial charge in [-0.1, -0.05) is 29.3 Å². The van der Waals surface area contributed by atoms with Crippen LogP contribution in [0.1, 0.15) is 31.7 Å². The Morgan fingerprint density at radius 2 is 1.90 bits per heavy atom. The maximum absolute atomic E-state index is 11.9. The molecule has 0 bridgehead atoms. The minimum atomic E-state index is -0.827. The van der Waals surface area contributed by atoms with E-state index in [4.69, 9.17) is 28.3 Å². The topological polar surface area (TPSA) is 66.4 Å². The normalized spacial score (nSPS) is 11.9. The van der Waals surface area contributed by atoms with E-state index in [-0.39, 0.29) is 24.8 Å². The summed E-state index contributed by atoms with van der Waals surface area (Å²) in [5, 5.41) is 12.3. The largest absolute Gasteiger partial charge is 0.481 e. The first-order chi connectivity index (χ1) is 9.40. The summed E-state index contributed by atoms with van der Waals surface area (Å²) in [5.74, 6) is -1.01. The minimum absolute atomic E-state index is 0.0805. The van der Waals surface area contributed by atoms with Crippen LogP contribution in [0.4, 0.5) is 0 Å². The summed E-state index contributed by atoms with van der Waals surface area (Å²) in [7, 11) is 0. The van der Waals surface area contributed by atoms with Crippen molar-refractivity contribution in [2.45, 2.75) is 38.6 Å². The van der Waals surface area contributed by atoms with Crippen molar-refractivity contribution in [1.82, 2.24) is 5.32 Å². The quantitative estimate of drug-likeness (QED) is 0.810. The van der Waals surface area contributed by atoms with Crippen molar-refractivity contribution < 1.29 is 14.7 Å². The highest BCUT2D eigenvalue weighted by molar-refractivity contribution is 6.36. The molecule has 1 unspecified atom stereocenters. The SMILES string of the molecule is CC(CCCC(=O)O)NC(=O)Cc1c(Cl)cccc1Cl. The van der Waals surface area contributed by atoms with Gasteiger partial charge in [0.1, 0.15) is 0 Å². The van der Waals surface area contributed by atoms with Crippen molar-refractivity contribution >= 4 is 35.1 Å². The Hall–Kier alpha value is -1.26. The third kappa shape index (κ3) is 5.80. The monoisotopic (exact) mass is 317 g/mol. The Labute approximate surface area is 128 Å². The fourth-order valence-electron chi connectivity index (χ4n) is 1.82. The molecule has 0 aliphatic carbocycles. The van der Waals surface area contributed by atoms with Crippen LogP contribution in [0.15, 0.2) is 18.2 Å². The van der Waals surface area contributed by atoms with Crippen molar-refractivity contribution in [3.8, 4) is 0 Å². The first kappa shape index (κ1) is 16.8. The van der Waals surface area contributed by atoms with Gasteiger partial charge in [-0.05, 0) is 37.5 Å². The van der Waals surface area contributed by atoms with Gasteiger partial charge in [-0.15, -0.1) is 0 Å². The number of hydrogen-bond acceptors (Lipinski definition) is 2. The number of carboxylic acids is 1. The molecule has 0 radical (unpaired) electrons. The van der Waals surface area contributed by atoms with E-state index in [2.05, 4.69) is 5.32 Å². The predicted molar refractivity (Wildman–Crippen MR) is 79.3 cm³/mol. The number of carbonyl (C=O) groups is 2. The number of halogens is 2. The van der Waals surface area contributed by atoms with Crippen molar-refractivity contribution in [2.24, 2.45) is 0 Å². The van der Waals surface area contributed by atoms with E-state index in [1.807, 2.05) is 6.92 Å². The molecular formula is C14H17Cl2NO3. The van der Waals surface area contributed by atoms with Crippen molar-refractivity contribution in [3.05, 3.63) is 33.8 Å². The second-order valence-corrected chi connectivity index (χ2v) is 5.45. The number of aliphatic carboxylic acids is 1. The fraction of sp³-hybridized carbons (Fsp3) is 0.429. The Morgan fingerprint density at radius 3 is 2.45 bits per heavy atom. The molecule has 1 rings (SSSR count). The first-order valence-electron chi connectivity index (χ1n) is 6.34. The molecule has 1 aromatic carbocycles. The molecule has 0 aromatic heterocycles. The Kier molecular flexibility index (Phi) is 6.82. The van der Waals surface area contributed by atoms with Gasteiger partial charge in [-0.2, -0.15) is 0 Å². The number of carbonyl (C=O) groups excluding carboxylic acids is 1. The predicted octanol–water partition coefficient (Wildman–Crippen LogP) is 3.30. The lowest BCUT2D eigenvalue weighted by Crippen LogP contribution is -2.33. The number of rotatable bonds is 7. The van der Waals surface area contributed by atoms with Crippen molar-refractivity contribution in [3.63, 3.8) is 0 Å². The molecule has 6 heteroatoms. The van der Waals surface area contributed by atoms with E-state index in [0.29, 0.717) is 28.5 Å². The molecule has 0 saturated heterocycles. The smallest absolute Gasteiger partial charge is 0.303 e. The summed E-state index contributed by atoms with van der Waals surface area (Å²) in [6.07, 6.45) is 1.37. The van der Waals surface area contributed by atoms with Gasteiger partial charge >= 0.3 is 5.97 Å². The molecule has 1 aromatic rings. The molecule has 0 spiro atoms. The lowest BCUT2D eigenvalue weighted by Gasteiger charge is -2.14. The van der Waals surface area contributed by atoms with Crippen LogP contribution in [0.25, 0.3) is 0 Å². The van der Waals surface area contributed by atoms with Gasteiger partial charge in [0.15, 0.2) is 0 Å². The molecule has 0 aliphatic heterocycles. The first-order valence-corrected chi connectivity index (χ1v) is 7.09. The summed E-state index contributed by atoms with van der Waals surface area (Å²) in [5.41, 5.74) is 0.603. The average Bonchev–Trinajstić information content (AvgIpc) is 2.33. The summed E-state index contributed by atoms with van der Waals surface area (Å²) < 4.78 is 0. The maximum atomic E-state index is 11.9. The zero-order valence-corrected chi connectivity index (χ0v) is 12.7. The molecular weight excluding hydrogens is 301 g/mol. The van der Waals surface area contributed by atoms with Gasteiger partial charge in [0.25, 0.3) is 0 Å². The molecule has 0 saturated carbocycles. The number of hydrogen-bond donors (Lipinski definition) is 2. The number of carboxylic acid groups (broad SMARTS) is 1. The van der Waals surface area contributed by atoms with Crippen LogP contribution < -0.4 is 5.32 Å². The molecule has 1 atom stereocenters. The Balaban J connectivity index is 2.45. The van der Waals surface area contributed by atoms with Gasteiger partial charge in [-0.3, -0.25) is 9.59 Å². The highest BCUT2D eigenvalue weighted by Gasteiger charge is 2.13. The maximum Gasteiger partial charge on any atom is 0.303 e. The van der Waals surface area contributed by atoms with Crippen molar-refractivity contribution in [2.75, 3.05) is 0 Å². The van der Waals surface area contributed by atoms with Crippen LogP contribution in [0.5, 0.6) is 0 Å². The third-order valence-corrected chi connectivity index (χ3v) is 3.54. The summed E-state index contributed by atoms with van der Waals surface area (Å²) in [6.45, 7) is 1.84. The molecule has 1 amide bonds. The molecule has 4 nitrogen and oxygen atoms in total. The molecule has 110 valence electrons. The summed E-state index contributed by atoms with van der Waals surface area (Å²) in [4.78, 5) is 22.3. The number of nitrogens with one attached hydrogen (secondary N) is 1. The molecule has 0 fully saturated rings. The molecule has 0 aliphatic rings. The van der Waals surface area contributed by atoms with Gasteiger partial charge < -0.3 is 10.4 Å². The minimum Gasteiger partial charge on any atom is -0.481 e. The zero-order valence-electron chi connectivity index (χ0n) is 11.2. The average molecular weight is 318 g/mol.